The lowest BCUT2D eigenvalue weighted by molar-refractivity contribution is 1.09. The number of nitriles is 1. The fourth-order valence-electron chi connectivity index (χ4n) is 1.54. The second-order valence-corrected chi connectivity index (χ2v) is 3.73. The van der Waals surface area contributed by atoms with E-state index in [9.17, 15) is 0 Å². The van der Waals surface area contributed by atoms with E-state index in [2.05, 4.69) is 16.0 Å². The van der Waals surface area contributed by atoms with Gasteiger partial charge in [-0.1, -0.05) is 0 Å². The van der Waals surface area contributed by atoms with Crippen LogP contribution in [0.3, 0.4) is 0 Å². The van der Waals surface area contributed by atoms with Crippen LogP contribution < -0.4 is 16.4 Å². The average Bonchev–Trinajstić information content (AvgIpc) is 2.37. The lowest BCUT2D eigenvalue weighted by Gasteiger charge is -2.18. The number of benzene rings is 1. The summed E-state index contributed by atoms with van der Waals surface area (Å²) in [6.07, 6.45) is 0. The zero-order valence-electron chi connectivity index (χ0n) is 9.83. The maximum absolute atomic E-state index is 8.74. The van der Waals surface area contributed by atoms with Gasteiger partial charge in [0.25, 0.3) is 0 Å². The lowest BCUT2D eigenvalue weighted by atomic mass is 10.2. The minimum atomic E-state index is 0.130. The molecule has 0 aliphatic rings. The number of nitrogens with zero attached hydrogens (tertiary/aromatic N) is 4. The second kappa shape index (κ2) is 4.59. The van der Waals surface area contributed by atoms with Crippen LogP contribution in [-0.2, 0) is 0 Å². The molecule has 6 heteroatoms. The van der Waals surface area contributed by atoms with Crippen LogP contribution in [0.2, 0.25) is 0 Å². The van der Waals surface area contributed by atoms with E-state index < -0.39 is 0 Å². The predicted molar refractivity (Wildman–Crippen MR) is 70.1 cm³/mol. The standard InChI is InChI=1S/C12H12N6/c1-18(9-4-2-8(7-13)3-5-9)11-6-10(14)16-12(15)17-11/h2-6H,1H3,(H4,14,15,16,17). The monoisotopic (exact) mass is 240 g/mol. The first-order valence-corrected chi connectivity index (χ1v) is 5.24. The fraction of sp³-hybridized carbons (Fsp3) is 0.0833. The summed E-state index contributed by atoms with van der Waals surface area (Å²) >= 11 is 0. The highest BCUT2D eigenvalue weighted by molar-refractivity contribution is 5.63. The van der Waals surface area contributed by atoms with Crippen LogP contribution in [0.4, 0.5) is 23.3 Å². The second-order valence-electron chi connectivity index (χ2n) is 3.73. The van der Waals surface area contributed by atoms with E-state index in [4.69, 9.17) is 16.7 Å². The quantitative estimate of drug-likeness (QED) is 0.819. The van der Waals surface area contributed by atoms with Gasteiger partial charge in [0.05, 0.1) is 11.6 Å². The van der Waals surface area contributed by atoms with Crippen molar-refractivity contribution in [3.63, 3.8) is 0 Å². The summed E-state index contributed by atoms with van der Waals surface area (Å²) in [6, 6.07) is 10.8. The molecule has 0 aliphatic heterocycles. The third-order valence-corrected chi connectivity index (χ3v) is 2.48. The molecule has 2 aromatic rings. The van der Waals surface area contributed by atoms with Gasteiger partial charge in [-0.3, -0.25) is 0 Å². The molecule has 2 rings (SSSR count). The highest BCUT2D eigenvalue weighted by atomic mass is 15.2. The Morgan fingerprint density at radius 2 is 1.83 bits per heavy atom. The zero-order chi connectivity index (χ0) is 13.1. The van der Waals surface area contributed by atoms with Crippen LogP contribution in [-0.4, -0.2) is 17.0 Å². The molecule has 0 atom stereocenters. The van der Waals surface area contributed by atoms with Gasteiger partial charge >= 0.3 is 0 Å². The Hall–Kier alpha value is -2.81. The summed E-state index contributed by atoms with van der Waals surface area (Å²) in [5, 5.41) is 8.74. The molecule has 4 N–H and O–H groups in total. The first kappa shape index (κ1) is 11.7. The third kappa shape index (κ3) is 2.30. The van der Waals surface area contributed by atoms with Gasteiger partial charge in [0, 0.05) is 18.8 Å². The Kier molecular flexibility index (Phi) is 2.98. The Balaban J connectivity index is 2.35. The van der Waals surface area contributed by atoms with E-state index in [0.717, 1.165) is 5.69 Å². The lowest BCUT2D eigenvalue weighted by Crippen LogP contribution is -2.13. The van der Waals surface area contributed by atoms with Crippen LogP contribution >= 0.6 is 0 Å². The minimum Gasteiger partial charge on any atom is -0.383 e. The molecule has 0 fully saturated rings. The Morgan fingerprint density at radius 1 is 1.17 bits per heavy atom. The molecule has 6 nitrogen and oxygen atoms in total. The maximum Gasteiger partial charge on any atom is 0.223 e. The minimum absolute atomic E-state index is 0.130. The van der Waals surface area contributed by atoms with E-state index in [1.54, 1.807) is 18.2 Å². The van der Waals surface area contributed by atoms with E-state index in [0.29, 0.717) is 17.2 Å². The molecule has 1 aromatic carbocycles. The first-order valence-electron chi connectivity index (χ1n) is 5.24. The SMILES string of the molecule is CN(c1ccc(C#N)cc1)c1cc(N)nc(N)n1. The molecular formula is C12H12N6. The van der Waals surface area contributed by atoms with Crippen LogP contribution in [0.1, 0.15) is 5.56 Å². The van der Waals surface area contributed by atoms with Crippen molar-refractivity contribution in [2.45, 2.75) is 0 Å². The molecular weight excluding hydrogens is 228 g/mol. The highest BCUT2D eigenvalue weighted by Gasteiger charge is 2.07. The Bertz CT molecular complexity index is 579. The number of aromatic nitrogens is 2. The zero-order valence-corrected chi connectivity index (χ0v) is 9.83. The van der Waals surface area contributed by atoms with E-state index in [1.807, 2.05) is 24.1 Å². The average molecular weight is 240 g/mol. The van der Waals surface area contributed by atoms with Crippen LogP contribution in [0.15, 0.2) is 30.3 Å². The summed E-state index contributed by atoms with van der Waals surface area (Å²) in [7, 11) is 1.84. The number of hydrogen-bond acceptors (Lipinski definition) is 6. The molecule has 0 amide bonds. The number of nitrogens with two attached hydrogens (primary N) is 2. The van der Waals surface area contributed by atoms with Crippen molar-refractivity contribution in [2.75, 3.05) is 23.4 Å². The molecule has 1 heterocycles. The van der Waals surface area contributed by atoms with Crippen molar-refractivity contribution in [3.05, 3.63) is 35.9 Å². The number of anilines is 4. The van der Waals surface area contributed by atoms with Crippen molar-refractivity contribution >= 4 is 23.3 Å². The molecule has 0 aliphatic carbocycles. The summed E-state index contributed by atoms with van der Waals surface area (Å²) < 4.78 is 0. The van der Waals surface area contributed by atoms with E-state index in [-0.39, 0.29) is 5.95 Å². The van der Waals surface area contributed by atoms with E-state index >= 15 is 0 Å². The summed E-state index contributed by atoms with van der Waals surface area (Å²) in [5.41, 5.74) is 12.7. The van der Waals surface area contributed by atoms with E-state index in [1.165, 1.54) is 0 Å². The Morgan fingerprint density at radius 3 is 2.39 bits per heavy atom. The van der Waals surface area contributed by atoms with Gasteiger partial charge in [0.15, 0.2) is 0 Å². The smallest absolute Gasteiger partial charge is 0.223 e. The normalized spacial score (nSPS) is 9.78. The van der Waals surface area contributed by atoms with Gasteiger partial charge in [0.2, 0.25) is 5.95 Å². The van der Waals surface area contributed by atoms with Gasteiger partial charge in [-0.2, -0.15) is 15.2 Å². The highest BCUT2D eigenvalue weighted by Crippen LogP contribution is 2.23. The van der Waals surface area contributed by atoms with Gasteiger partial charge in [0.1, 0.15) is 11.6 Å². The van der Waals surface area contributed by atoms with Gasteiger partial charge in [-0.25, -0.2) is 0 Å². The first-order chi connectivity index (χ1) is 8.60. The van der Waals surface area contributed by atoms with Gasteiger partial charge in [-0.15, -0.1) is 0 Å². The molecule has 1 aromatic heterocycles. The van der Waals surface area contributed by atoms with Crippen molar-refractivity contribution in [3.8, 4) is 6.07 Å². The largest absolute Gasteiger partial charge is 0.383 e. The summed E-state index contributed by atoms with van der Waals surface area (Å²) in [5.74, 6) is 1.05. The summed E-state index contributed by atoms with van der Waals surface area (Å²) in [4.78, 5) is 9.73. The predicted octanol–water partition coefficient (Wildman–Crippen LogP) is 1.28. The molecule has 0 saturated heterocycles. The number of rotatable bonds is 2. The van der Waals surface area contributed by atoms with Crippen molar-refractivity contribution in [2.24, 2.45) is 0 Å². The molecule has 0 unspecified atom stereocenters. The summed E-state index contributed by atoms with van der Waals surface area (Å²) in [6.45, 7) is 0. The van der Waals surface area contributed by atoms with Gasteiger partial charge in [-0.05, 0) is 24.3 Å². The van der Waals surface area contributed by atoms with Crippen LogP contribution in [0.25, 0.3) is 0 Å². The molecule has 18 heavy (non-hydrogen) atoms. The fourth-order valence-corrected chi connectivity index (χ4v) is 1.54. The Labute approximate surface area is 104 Å². The third-order valence-electron chi connectivity index (χ3n) is 2.48. The van der Waals surface area contributed by atoms with Crippen LogP contribution in [0, 0.1) is 11.3 Å². The molecule has 0 saturated carbocycles. The van der Waals surface area contributed by atoms with Crippen molar-refractivity contribution in [1.29, 1.82) is 5.26 Å². The van der Waals surface area contributed by atoms with Gasteiger partial charge < -0.3 is 16.4 Å². The van der Waals surface area contributed by atoms with Crippen molar-refractivity contribution < 1.29 is 0 Å². The maximum atomic E-state index is 8.74. The number of hydrogen-bond donors (Lipinski definition) is 2. The topological polar surface area (TPSA) is 105 Å². The number of nitrogen functional groups attached to an aromatic ring is 2. The molecule has 0 bridgehead atoms. The molecule has 90 valence electrons. The van der Waals surface area contributed by atoms with Crippen LogP contribution in [0.5, 0.6) is 0 Å². The molecule has 0 radical (unpaired) electrons. The van der Waals surface area contributed by atoms with Crippen molar-refractivity contribution in [1.82, 2.24) is 9.97 Å². The molecule has 0 spiro atoms.